The molecule has 1 aromatic heterocycles. The second kappa shape index (κ2) is 16.2. The fraction of sp³-hybridized carbons (Fsp3) is 0.759. The Balaban J connectivity index is 1.12. The number of ether oxygens (including phenoxy) is 1. The SMILES string of the molecule is CC(=O)CNC1=C2C(CCC3(C)C4C(CC#CC(C5COC(=O)C5c5cc[nH]c5)C5CCC6C=C7CCC(C)CC7C5C6C(C)CC(O)C4(C)O)CC23O)C2(C)CC(O)C(O)CC2C1=O. The van der Waals surface area contributed by atoms with E-state index in [-0.39, 0.29) is 84.5 Å². The summed E-state index contributed by atoms with van der Waals surface area (Å²) in [5, 5.41) is 65.0. The minimum absolute atomic E-state index is 0.0499. The minimum atomic E-state index is -1.65. The highest BCUT2D eigenvalue weighted by molar-refractivity contribution is 6.00. The van der Waals surface area contributed by atoms with Crippen molar-refractivity contribution in [1.29, 1.82) is 0 Å². The number of aromatic nitrogens is 1. The van der Waals surface area contributed by atoms with E-state index in [1.54, 1.807) is 12.5 Å². The van der Waals surface area contributed by atoms with Crippen LogP contribution < -0.4 is 5.32 Å². The van der Waals surface area contributed by atoms with Crippen LogP contribution in [0.2, 0.25) is 0 Å². The molecular weight excluding hydrogens is 821 g/mol. The number of carbonyl (C=O) groups excluding carboxylic acids is 3. The van der Waals surface area contributed by atoms with E-state index < -0.39 is 64.0 Å². The molecule has 0 amide bonds. The number of cyclic esters (lactones) is 1. The standard InChI is InChI=1S/C54H74N2O9/c1-27-10-11-30-20-31-12-13-35-34(37-26-65-50(62)44(37)33-15-17-55-25-33)9-7-8-32-22-54(64)46-38(51(4)23-41(59)40(58)21-39(51)48(61)47(46)56-24-29(3)57)14-16-52(54,5)49(32)53(6,63)42(60)19-28(2)43(31)45(35)36(30)18-27/h15,17,20,25,27-28,31-32,34-45,49,55-56,58-60,63-64H,8,10-14,16,18-19,21-24,26H2,1-6H3. The highest BCUT2D eigenvalue weighted by Gasteiger charge is 2.73. The Kier molecular flexibility index (Phi) is 11.3. The average molecular weight is 895 g/mol. The third-order valence-electron chi connectivity index (χ3n) is 20.3. The van der Waals surface area contributed by atoms with Gasteiger partial charge in [0.05, 0.1) is 54.3 Å². The van der Waals surface area contributed by atoms with Crippen LogP contribution in [0, 0.1) is 99.6 Å². The van der Waals surface area contributed by atoms with E-state index in [2.05, 4.69) is 42.1 Å². The maximum atomic E-state index is 14.9. The Labute approximate surface area is 385 Å². The molecule has 7 N–H and O–H groups in total. The first-order chi connectivity index (χ1) is 30.8. The van der Waals surface area contributed by atoms with Crippen LogP contribution in [0.4, 0.5) is 0 Å². The topological polar surface area (TPSA) is 189 Å². The van der Waals surface area contributed by atoms with Gasteiger partial charge in [0, 0.05) is 47.9 Å². The normalized spacial score (nSPS) is 50.3. The number of Topliss-reactive ketones (excluding diaryl/α,β-unsaturated/α-hetero) is 2. The van der Waals surface area contributed by atoms with Crippen LogP contribution in [0.5, 0.6) is 0 Å². The van der Waals surface area contributed by atoms with E-state index in [9.17, 15) is 39.9 Å². The zero-order valence-corrected chi connectivity index (χ0v) is 39.4. The summed E-state index contributed by atoms with van der Waals surface area (Å²) < 4.78 is 5.98. The summed E-state index contributed by atoms with van der Waals surface area (Å²) in [6.45, 7) is 12.1. The van der Waals surface area contributed by atoms with Gasteiger partial charge in [0.25, 0.3) is 0 Å². The Morgan fingerprint density at radius 3 is 2.48 bits per heavy atom. The quantitative estimate of drug-likeness (QED) is 0.105. The van der Waals surface area contributed by atoms with Crippen molar-refractivity contribution < 1.29 is 44.7 Å². The third-order valence-corrected chi connectivity index (χ3v) is 20.3. The lowest BCUT2D eigenvalue weighted by Gasteiger charge is -2.61. The smallest absolute Gasteiger partial charge is 0.313 e. The Morgan fingerprint density at radius 1 is 0.954 bits per heavy atom. The summed E-state index contributed by atoms with van der Waals surface area (Å²) in [6, 6.07) is 1.98. The van der Waals surface area contributed by atoms with Crippen LogP contribution in [0.1, 0.15) is 130 Å². The maximum absolute atomic E-state index is 14.9. The number of esters is 1. The lowest BCUT2D eigenvalue weighted by molar-refractivity contribution is -0.183. The fourth-order valence-electron chi connectivity index (χ4n) is 17.5. The summed E-state index contributed by atoms with van der Waals surface area (Å²) >= 11 is 0. The fourth-order valence-corrected chi connectivity index (χ4v) is 17.5. The third kappa shape index (κ3) is 6.86. The Morgan fingerprint density at radius 2 is 1.74 bits per heavy atom. The highest BCUT2D eigenvalue weighted by atomic mass is 16.5. The Hall–Kier alpha value is -3.27. The van der Waals surface area contributed by atoms with E-state index in [0.29, 0.717) is 61.5 Å². The first kappa shape index (κ1) is 45.5. The maximum Gasteiger partial charge on any atom is 0.313 e. The number of hydrogen-bond donors (Lipinski definition) is 7. The average Bonchev–Trinajstić information content (AvgIpc) is 3.97. The number of hydrogen-bond acceptors (Lipinski definition) is 10. The number of H-pyrrole nitrogens is 1. The molecule has 1 saturated heterocycles. The van der Waals surface area contributed by atoms with Gasteiger partial charge in [0.1, 0.15) is 5.78 Å². The molecule has 6 fully saturated rings. The van der Waals surface area contributed by atoms with E-state index in [0.717, 1.165) is 31.2 Å². The molecule has 11 nitrogen and oxygen atoms in total. The number of carbonyl (C=O) groups is 3. The molecule has 4 bridgehead atoms. The molecule has 1 aliphatic heterocycles. The molecule has 10 rings (SSSR count). The largest absolute Gasteiger partial charge is 0.465 e. The first-order valence-electron chi connectivity index (χ1n) is 25.3. The molecule has 354 valence electrons. The monoisotopic (exact) mass is 895 g/mol. The summed E-state index contributed by atoms with van der Waals surface area (Å²) in [7, 11) is 0. The number of aromatic amines is 1. The van der Waals surface area contributed by atoms with Crippen molar-refractivity contribution in [2.24, 2.45) is 87.8 Å². The van der Waals surface area contributed by atoms with Gasteiger partial charge in [-0.3, -0.25) is 14.4 Å². The van der Waals surface area contributed by atoms with Crippen LogP contribution in [-0.2, 0) is 19.1 Å². The number of nitrogens with one attached hydrogen (secondary N) is 2. The van der Waals surface area contributed by atoms with Crippen molar-refractivity contribution in [2.75, 3.05) is 13.2 Å². The number of fused-ring (bicyclic) bond motifs is 8. The van der Waals surface area contributed by atoms with Crippen LogP contribution in [0.25, 0.3) is 0 Å². The van der Waals surface area contributed by atoms with E-state index >= 15 is 0 Å². The second-order valence-corrected chi connectivity index (χ2v) is 23.9. The summed E-state index contributed by atoms with van der Waals surface area (Å²) in [4.78, 5) is 44.3. The lowest BCUT2D eigenvalue weighted by Crippen LogP contribution is -2.64. The highest BCUT2D eigenvalue weighted by Crippen LogP contribution is 2.71. The van der Waals surface area contributed by atoms with Gasteiger partial charge in [0.15, 0.2) is 5.78 Å². The van der Waals surface area contributed by atoms with E-state index in [1.165, 1.54) is 13.3 Å². The molecule has 9 aliphatic rings. The van der Waals surface area contributed by atoms with Crippen molar-refractivity contribution in [2.45, 2.75) is 154 Å². The molecule has 0 aromatic carbocycles. The van der Waals surface area contributed by atoms with Crippen molar-refractivity contribution in [1.82, 2.24) is 10.3 Å². The van der Waals surface area contributed by atoms with Crippen molar-refractivity contribution in [3.05, 3.63) is 46.9 Å². The van der Waals surface area contributed by atoms with Crippen molar-refractivity contribution in [3.8, 4) is 11.8 Å². The van der Waals surface area contributed by atoms with Gasteiger partial charge in [-0.25, -0.2) is 0 Å². The minimum Gasteiger partial charge on any atom is -0.465 e. The van der Waals surface area contributed by atoms with Gasteiger partial charge in [-0.05, 0) is 160 Å². The molecule has 0 spiro atoms. The van der Waals surface area contributed by atoms with Gasteiger partial charge in [-0.1, -0.05) is 45.3 Å². The lowest BCUT2D eigenvalue weighted by atomic mass is 9.45. The van der Waals surface area contributed by atoms with Crippen LogP contribution >= 0.6 is 0 Å². The summed E-state index contributed by atoms with van der Waals surface area (Å²) in [5.41, 5.74) is -1.82. The zero-order chi connectivity index (χ0) is 46.1. The molecule has 5 saturated carbocycles. The van der Waals surface area contributed by atoms with Gasteiger partial charge < -0.3 is 40.6 Å². The van der Waals surface area contributed by atoms with Crippen LogP contribution in [-0.4, -0.2) is 90.7 Å². The van der Waals surface area contributed by atoms with Gasteiger partial charge in [-0.15, -0.1) is 5.92 Å². The number of allylic oxidation sites excluding steroid dienone is 3. The van der Waals surface area contributed by atoms with E-state index in [1.807, 2.05) is 32.3 Å². The number of ketones is 2. The van der Waals surface area contributed by atoms with Crippen LogP contribution in [0.15, 0.2) is 41.4 Å². The molecule has 21 atom stereocenters. The number of aliphatic hydroxyl groups is 5. The summed E-state index contributed by atoms with van der Waals surface area (Å²) in [5.74, 6) is 6.38. The first-order valence-corrected chi connectivity index (χ1v) is 25.3. The van der Waals surface area contributed by atoms with Crippen molar-refractivity contribution in [3.63, 3.8) is 0 Å². The predicted octanol–water partition coefficient (Wildman–Crippen LogP) is 6.00. The predicted molar refractivity (Wildman–Crippen MR) is 243 cm³/mol. The van der Waals surface area contributed by atoms with Crippen molar-refractivity contribution >= 4 is 17.5 Å². The number of rotatable bonds is 5. The molecule has 8 aliphatic carbocycles. The molecule has 11 heteroatoms. The summed E-state index contributed by atoms with van der Waals surface area (Å²) in [6.07, 6.45) is 10.8. The molecule has 0 radical (unpaired) electrons. The second-order valence-electron chi connectivity index (χ2n) is 23.9. The van der Waals surface area contributed by atoms with E-state index in [4.69, 9.17) is 4.74 Å². The molecule has 65 heavy (non-hydrogen) atoms. The van der Waals surface area contributed by atoms with Gasteiger partial charge in [-0.2, -0.15) is 0 Å². The van der Waals surface area contributed by atoms with Gasteiger partial charge >= 0.3 is 5.97 Å². The molecule has 2 heterocycles. The van der Waals surface area contributed by atoms with Crippen LogP contribution in [0.3, 0.4) is 0 Å². The molecule has 1 aromatic rings. The molecular formula is C54H74N2O9. The zero-order valence-electron chi connectivity index (χ0n) is 39.4. The molecule has 21 unspecified atom stereocenters. The Bertz CT molecular complexity index is 2200. The number of aliphatic hydroxyl groups excluding tert-OH is 3. The van der Waals surface area contributed by atoms with Gasteiger partial charge in [0.2, 0.25) is 0 Å².